The number of phenols is 1. The van der Waals surface area contributed by atoms with Crippen molar-refractivity contribution in [1.82, 2.24) is 9.80 Å². The molecule has 2 rings (SSSR count). The average Bonchev–Trinajstić information content (AvgIpc) is 2.35. The summed E-state index contributed by atoms with van der Waals surface area (Å²) in [7, 11) is 0. The number of rotatable bonds is 3. The molecule has 0 bridgehead atoms. The highest BCUT2D eigenvalue weighted by Crippen LogP contribution is 2.28. The summed E-state index contributed by atoms with van der Waals surface area (Å²) in [5, 5.41) is 10.1. The minimum Gasteiger partial charge on any atom is -0.506 e. The van der Waals surface area contributed by atoms with Gasteiger partial charge in [0.05, 0.1) is 11.6 Å². The van der Waals surface area contributed by atoms with E-state index in [9.17, 15) is 18.3 Å². The number of nitrogens with zero attached hydrogens (tertiary/aromatic N) is 2. The number of para-hydroxylation sites is 1. The third-order valence-electron chi connectivity index (χ3n) is 3.33. The molecule has 0 unspecified atom stereocenters. The molecule has 0 radical (unpaired) electrons. The molecule has 1 N–H and O–H groups in total. The van der Waals surface area contributed by atoms with Crippen molar-refractivity contribution in [2.24, 2.45) is 0 Å². The van der Waals surface area contributed by atoms with E-state index in [-0.39, 0.29) is 5.75 Å². The van der Waals surface area contributed by atoms with Crippen LogP contribution in [-0.4, -0.2) is 53.8 Å². The lowest BCUT2D eigenvalue weighted by atomic mass is 10.1. The molecule has 1 aromatic rings. The summed E-state index contributed by atoms with van der Waals surface area (Å²) in [6.45, 7) is 1.47. The fraction of sp³-hybridized carbons (Fsp3) is 0.538. The lowest BCUT2D eigenvalue weighted by molar-refractivity contribution is -0.149. The Hall–Kier alpha value is -0.980. The molecule has 1 aromatic carbocycles. The fourth-order valence-corrected chi connectivity index (χ4v) is 2.48. The Labute approximate surface area is 120 Å². The molecule has 0 aliphatic carbocycles. The largest absolute Gasteiger partial charge is 0.506 e. The maximum Gasteiger partial charge on any atom is 0.401 e. The topological polar surface area (TPSA) is 26.7 Å². The van der Waals surface area contributed by atoms with Crippen molar-refractivity contribution in [3.05, 3.63) is 28.8 Å². The monoisotopic (exact) mass is 308 g/mol. The molecule has 20 heavy (non-hydrogen) atoms. The second kappa shape index (κ2) is 6.20. The van der Waals surface area contributed by atoms with E-state index in [4.69, 9.17) is 11.6 Å². The Morgan fingerprint density at radius 3 is 2.30 bits per heavy atom. The predicted octanol–water partition coefficient (Wildman–Crippen LogP) is 2.73. The summed E-state index contributed by atoms with van der Waals surface area (Å²) >= 11 is 5.83. The van der Waals surface area contributed by atoms with E-state index in [0.29, 0.717) is 43.3 Å². The molecule has 0 saturated carbocycles. The van der Waals surface area contributed by atoms with Gasteiger partial charge in [-0.1, -0.05) is 23.7 Å². The number of phenolic OH excluding ortho intramolecular Hbond substituents is 1. The van der Waals surface area contributed by atoms with Crippen LogP contribution in [0, 0.1) is 0 Å². The molecular weight excluding hydrogens is 293 g/mol. The summed E-state index contributed by atoms with van der Waals surface area (Å²) in [4.78, 5) is 3.41. The van der Waals surface area contributed by atoms with E-state index < -0.39 is 12.7 Å². The molecule has 3 nitrogen and oxygen atoms in total. The third kappa shape index (κ3) is 4.26. The molecule has 1 aliphatic rings. The van der Waals surface area contributed by atoms with Crippen molar-refractivity contribution in [2.45, 2.75) is 12.7 Å². The van der Waals surface area contributed by atoms with E-state index in [1.165, 1.54) is 4.90 Å². The number of halogens is 4. The summed E-state index contributed by atoms with van der Waals surface area (Å²) in [5.41, 5.74) is 0.696. The van der Waals surface area contributed by atoms with Crippen LogP contribution in [0.4, 0.5) is 13.2 Å². The van der Waals surface area contributed by atoms with Gasteiger partial charge in [0, 0.05) is 38.3 Å². The highest BCUT2D eigenvalue weighted by molar-refractivity contribution is 6.32. The van der Waals surface area contributed by atoms with Gasteiger partial charge in [0.1, 0.15) is 5.75 Å². The number of alkyl halides is 3. The molecule has 0 atom stereocenters. The standard InChI is InChI=1S/C13H16ClF3N2O/c14-11-3-1-2-10(12(11)20)8-18-4-6-19(7-5-18)9-13(15,16)17/h1-3,20H,4-9H2. The second-order valence-electron chi connectivity index (χ2n) is 4.92. The van der Waals surface area contributed by atoms with Crippen LogP contribution in [0.3, 0.4) is 0 Å². The van der Waals surface area contributed by atoms with Crippen LogP contribution >= 0.6 is 11.6 Å². The fourth-order valence-electron chi connectivity index (χ4n) is 2.29. The molecule has 1 fully saturated rings. The van der Waals surface area contributed by atoms with Gasteiger partial charge in [0.15, 0.2) is 0 Å². The van der Waals surface area contributed by atoms with Gasteiger partial charge in [-0.3, -0.25) is 9.80 Å². The summed E-state index contributed by atoms with van der Waals surface area (Å²) in [6.07, 6.45) is -4.15. The maximum absolute atomic E-state index is 12.3. The van der Waals surface area contributed by atoms with E-state index in [1.807, 2.05) is 4.90 Å². The predicted molar refractivity (Wildman–Crippen MR) is 70.9 cm³/mol. The second-order valence-corrected chi connectivity index (χ2v) is 5.32. The first-order valence-corrected chi connectivity index (χ1v) is 6.71. The first-order chi connectivity index (χ1) is 9.35. The molecule has 1 aliphatic heterocycles. The van der Waals surface area contributed by atoms with E-state index in [2.05, 4.69) is 0 Å². The van der Waals surface area contributed by atoms with Crippen LogP contribution in [-0.2, 0) is 6.54 Å². The van der Waals surface area contributed by atoms with Crippen molar-refractivity contribution < 1.29 is 18.3 Å². The zero-order chi connectivity index (χ0) is 14.8. The number of aromatic hydroxyl groups is 1. The molecule has 0 amide bonds. The van der Waals surface area contributed by atoms with Gasteiger partial charge >= 0.3 is 6.18 Å². The van der Waals surface area contributed by atoms with Crippen LogP contribution in [0.2, 0.25) is 5.02 Å². The summed E-state index contributed by atoms with van der Waals surface area (Å²) < 4.78 is 36.8. The van der Waals surface area contributed by atoms with Gasteiger partial charge in [-0.05, 0) is 6.07 Å². The molecule has 7 heteroatoms. The van der Waals surface area contributed by atoms with Crippen LogP contribution < -0.4 is 0 Å². The van der Waals surface area contributed by atoms with Crippen molar-refractivity contribution in [1.29, 1.82) is 0 Å². The number of hydrogen-bond acceptors (Lipinski definition) is 3. The summed E-state index contributed by atoms with van der Waals surface area (Å²) in [5.74, 6) is 0.0480. The SMILES string of the molecule is Oc1c(Cl)cccc1CN1CCN(CC(F)(F)F)CC1. The molecule has 0 aromatic heterocycles. The van der Waals surface area contributed by atoms with Crippen molar-refractivity contribution in [3.8, 4) is 5.75 Å². The van der Waals surface area contributed by atoms with Crippen molar-refractivity contribution in [3.63, 3.8) is 0 Å². The zero-order valence-corrected chi connectivity index (χ0v) is 11.6. The van der Waals surface area contributed by atoms with Gasteiger partial charge in [0.25, 0.3) is 0 Å². The number of hydrogen-bond donors (Lipinski definition) is 1. The van der Waals surface area contributed by atoms with Gasteiger partial charge in [-0.25, -0.2) is 0 Å². The first kappa shape index (κ1) is 15.4. The highest BCUT2D eigenvalue weighted by Gasteiger charge is 2.32. The van der Waals surface area contributed by atoms with Crippen LogP contribution in [0.5, 0.6) is 5.75 Å². The number of piperazine rings is 1. The van der Waals surface area contributed by atoms with Crippen molar-refractivity contribution in [2.75, 3.05) is 32.7 Å². The number of benzene rings is 1. The first-order valence-electron chi connectivity index (χ1n) is 6.33. The maximum atomic E-state index is 12.3. The van der Waals surface area contributed by atoms with E-state index in [1.54, 1.807) is 18.2 Å². The molecule has 112 valence electrons. The van der Waals surface area contributed by atoms with Gasteiger partial charge in [0.2, 0.25) is 0 Å². The Morgan fingerprint density at radius 1 is 1.10 bits per heavy atom. The minimum absolute atomic E-state index is 0.0480. The third-order valence-corrected chi connectivity index (χ3v) is 3.64. The van der Waals surface area contributed by atoms with Gasteiger partial charge in [-0.15, -0.1) is 0 Å². The van der Waals surface area contributed by atoms with Crippen LogP contribution in [0.1, 0.15) is 5.56 Å². The Balaban J connectivity index is 1.87. The zero-order valence-electron chi connectivity index (χ0n) is 10.8. The molecule has 1 saturated heterocycles. The summed E-state index contributed by atoms with van der Waals surface area (Å²) in [6, 6.07) is 5.11. The molecular formula is C13H16ClF3N2O. The van der Waals surface area contributed by atoms with E-state index in [0.717, 1.165) is 0 Å². The Morgan fingerprint density at radius 2 is 1.70 bits per heavy atom. The van der Waals surface area contributed by atoms with Crippen LogP contribution in [0.25, 0.3) is 0 Å². The Bertz CT molecular complexity index is 459. The van der Waals surface area contributed by atoms with Crippen LogP contribution in [0.15, 0.2) is 18.2 Å². The molecule has 1 heterocycles. The normalized spacial score (nSPS) is 18.4. The van der Waals surface area contributed by atoms with Gasteiger partial charge in [-0.2, -0.15) is 13.2 Å². The average molecular weight is 309 g/mol. The van der Waals surface area contributed by atoms with Gasteiger partial charge < -0.3 is 5.11 Å². The van der Waals surface area contributed by atoms with E-state index >= 15 is 0 Å². The lowest BCUT2D eigenvalue weighted by Gasteiger charge is -2.35. The lowest BCUT2D eigenvalue weighted by Crippen LogP contribution is -2.48. The quantitative estimate of drug-likeness (QED) is 0.930. The minimum atomic E-state index is -4.15. The molecule has 0 spiro atoms. The smallest absolute Gasteiger partial charge is 0.401 e. The Kier molecular flexibility index (Phi) is 4.78. The van der Waals surface area contributed by atoms with Crippen molar-refractivity contribution >= 4 is 11.6 Å². The highest BCUT2D eigenvalue weighted by atomic mass is 35.5.